The van der Waals surface area contributed by atoms with Gasteiger partial charge in [-0.15, -0.1) is 0 Å². The van der Waals surface area contributed by atoms with Crippen LogP contribution in [0.25, 0.3) is 0 Å². The molecular formula is C15H19NO3. The van der Waals surface area contributed by atoms with Crippen molar-refractivity contribution >= 4 is 17.4 Å². The summed E-state index contributed by atoms with van der Waals surface area (Å²) >= 11 is 0. The summed E-state index contributed by atoms with van der Waals surface area (Å²) in [7, 11) is 0. The molecule has 2 rings (SSSR count). The van der Waals surface area contributed by atoms with E-state index >= 15 is 0 Å². The predicted molar refractivity (Wildman–Crippen MR) is 73.3 cm³/mol. The van der Waals surface area contributed by atoms with Crippen molar-refractivity contribution in [3.63, 3.8) is 0 Å². The summed E-state index contributed by atoms with van der Waals surface area (Å²) in [5, 5.41) is 0. The van der Waals surface area contributed by atoms with E-state index in [2.05, 4.69) is 0 Å². The quantitative estimate of drug-likeness (QED) is 0.821. The van der Waals surface area contributed by atoms with Gasteiger partial charge in [0, 0.05) is 5.41 Å². The molecule has 1 unspecified atom stereocenters. The lowest BCUT2D eigenvalue weighted by molar-refractivity contribution is -0.130. The van der Waals surface area contributed by atoms with Gasteiger partial charge < -0.3 is 4.74 Å². The van der Waals surface area contributed by atoms with Crippen molar-refractivity contribution in [3.05, 3.63) is 24.3 Å². The minimum atomic E-state index is -0.553. The molecule has 19 heavy (non-hydrogen) atoms. The molecule has 1 aliphatic rings. The van der Waals surface area contributed by atoms with Crippen LogP contribution in [0.15, 0.2) is 24.3 Å². The number of ether oxygens (including phenoxy) is 1. The number of ketones is 1. The zero-order valence-electron chi connectivity index (χ0n) is 11.8. The van der Waals surface area contributed by atoms with Gasteiger partial charge in [-0.1, -0.05) is 32.9 Å². The number of amides is 1. The maximum absolute atomic E-state index is 12.2. The van der Waals surface area contributed by atoms with Gasteiger partial charge in [-0.2, -0.15) is 0 Å². The van der Waals surface area contributed by atoms with Crippen LogP contribution in [0.1, 0.15) is 27.7 Å². The molecule has 1 aromatic rings. The lowest BCUT2D eigenvalue weighted by atomic mass is 9.90. The average Bonchev–Trinajstić information content (AvgIpc) is 2.33. The number of carbonyl (C=O) groups is 2. The Morgan fingerprint density at radius 1 is 1.32 bits per heavy atom. The molecule has 0 radical (unpaired) electrons. The van der Waals surface area contributed by atoms with Crippen LogP contribution < -0.4 is 9.64 Å². The molecule has 0 N–H and O–H groups in total. The monoisotopic (exact) mass is 261 g/mol. The Bertz CT molecular complexity index is 516. The summed E-state index contributed by atoms with van der Waals surface area (Å²) in [5.74, 6) is 0.511. The molecule has 1 aliphatic heterocycles. The molecule has 4 nitrogen and oxygen atoms in total. The van der Waals surface area contributed by atoms with Crippen molar-refractivity contribution in [1.82, 2.24) is 0 Å². The molecule has 0 spiro atoms. The minimum Gasteiger partial charge on any atom is -0.479 e. The molecule has 4 heteroatoms. The number of hydrogen-bond acceptors (Lipinski definition) is 3. The Labute approximate surface area is 113 Å². The van der Waals surface area contributed by atoms with Crippen LogP contribution in [0.3, 0.4) is 0 Å². The number of Topliss-reactive ketones (excluding diaryl/α,β-unsaturated/α-hetero) is 1. The SMILES string of the molecule is CC1Oc2ccccc2N(CC(=O)C(C)(C)C)C1=O. The normalized spacial score (nSPS) is 18.8. The number of nitrogens with zero attached hydrogens (tertiary/aromatic N) is 1. The third-order valence-corrected chi connectivity index (χ3v) is 3.21. The number of benzene rings is 1. The minimum absolute atomic E-state index is 0.0322. The van der Waals surface area contributed by atoms with E-state index in [1.54, 1.807) is 13.0 Å². The smallest absolute Gasteiger partial charge is 0.268 e. The molecule has 0 fully saturated rings. The number of anilines is 1. The van der Waals surface area contributed by atoms with Crippen molar-refractivity contribution < 1.29 is 14.3 Å². The standard InChI is InChI=1S/C15H19NO3/c1-10-14(18)16(9-13(17)15(2,3)4)11-7-5-6-8-12(11)19-10/h5-8,10H,9H2,1-4H3. The van der Waals surface area contributed by atoms with Crippen LogP contribution in [0, 0.1) is 5.41 Å². The van der Waals surface area contributed by atoms with Gasteiger partial charge in [0.2, 0.25) is 0 Å². The predicted octanol–water partition coefficient (Wildman–Crippen LogP) is 2.42. The Kier molecular flexibility index (Phi) is 3.35. The Morgan fingerprint density at radius 3 is 2.58 bits per heavy atom. The first kappa shape index (κ1) is 13.6. The summed E-state index contributed by atoms with van der Waals surface area (Å²) in [6.07, 6.45) is -0.553. The summed E-state index contributed by atoms with van der Waals surface area (Å²) in [6.45, 7) is 7.36. The first-order valence-corrected chi connectivity index (χ1v) is 6.41. The summed E-state index contributed by atoms with van der Waals surface area (Å²) in [4.78, 5) is 25.9. The van der Waals surface area contributed by atoms with Crippen LogP contribution in [-0.2, 0) is 9.59 Å². The largest absolute Gasteiger partial charge is 0.479 e. The second kappa shape index (κ2) is 4.68. The lowest BCUT2D eigenvalue weighted by Crippen LogP contribution is -2.48. The summed E-state index contributed by atoms with van der Waals surface area (Å²) in [6, 6.07) is 7.30. The molecule has 0 bridgehead atoms. The van der Waals surface area contributed by atoms with Gasteiger partial charge in [-0.25, -0.2) is 0 Å². The van der Waals surface area contributed by atoms with Crippen LogP contribution in [-0.4, -0.2) is 24.3 Å². The van der Waals surface area contributed by atoms with Crippen molar-refractivity contribution in [2.45, 2.75) is 33.8 Å². The Morgan fingerprint density at radius 2 is 1.95 bits per heavy atom. The van der Waals surface area contributed by atoms with Gasteiger partial charge in [-0.3, -0.25) is 14.5 Å². The van der Waals surface area contributed by atoms with E-state index in [1.165, 1.54) is 4.90 Å². The van der Waals surface area contributed by atoms with Crippen molar-refractivity contribution in [2.75, 3.05) is 11.4 Å². The number of hydrogen-bond donors (Lipinski definition) is 0. The molecule has 1 atom stereocenters. The number of para-hydroxylation sites is 2. The van der Waals surface area contributed by atoms with Crippen LogP contribution >= 0.6 is 0 Å². The van der Waals surface area contributed by atoms with Gasteiger partial charge >= 0.3 is 0 Å². The highest BCUT2D eigenvalue weighted by atomic mass is 16.5. The molecule has 0 aromatic heterocycles. The molecule has 0 saturated carbocycles. The second-order valence-electron chi connectivity index (χ2n) is 5.83. The Hall–Kier alpha value is -1.84. The Balaban J connectivity index is 2.33. The fourth-order valence-corrected chi connectivity index (χ4v) is 1.90. The van der Waals surface area contributed by atoms with E-state index in [9.17, 15) is 9.59 Å². The summed E-state index contributed by atoms with van der Waals surface area (Å²) < 4.78 is 5.54. The third kappa shape index (κ3) is 2.62. The van der Waals surface area contributed by atoms with Gasteiger partial charge in [0.1, 0.15) is 5.75 Å². The molecule has 1 heterocycles. The van der Waals surface area contributed by atoms with Crippen molar-refractivity contribution in [2.24, 2.45) is 5.41 Å². The van der Waals surface area contributed by atoms with Gasteiger partial charge in [0.05, 0.1) is 12.2 Å². The maximum Gasteiger partial charge on any atom is 0.268 e. The first-order chi connectivity index (χ1) is 8.80. The van der Waals surface area contributed by atoms with Gasteiger partial charge in [0.25, 0.3) is 5.91 Å². The van der Waals surface area contributed by atoms with E-state index in [0.29, 0.717) is 11.4 Å². The maximum atomic E-state index is 12.2. The molecular weight excluding hydrogens is 242 g/mol. The lowest BCUT2D eigenvalue weighted by Gasteiger charge is -2.33. The fourth-order valence-electron chi connectivity index (χ4n) is 1.90. The second-order valence-corrected chi connectivity index (χ2v) is 5.83. The summed E-state index contributed by atoms with van der Waals surface area (Å²) in [5.41, 5.74) is 0.208. The van der Waals surface area contributed by atoms with E-state index < -0.39 is 11.5 Å². The highest BCUT2D eigenvalue weighted by molar-refractivity contribution is 6.04. The number of carbonyl (C=O) groups excluding carboxylic acids is 2. The molecule has 1 aromatic carbocycles. The first-order valence-electron chi connectivity index (χ1n) is 6.41. The zero-order chi connectivity index (χ0) is 14.2. The van der Waals surface area contributed by atoms with E-state index in [1.807, 2.05) is 39.0 Å². The molecule has 0 saturated heterocycles. The third-order valence-electron chi connectivity index (χ3n) is 3.21. The highest BCUT2D eigenvalue weighted by Gasteiger charge is 2.34. The van der Waals surface area contributed by atoms with E-state index in [4.69, 9.17) is 4.74 Å². The van der Waals surface area contributed by atoms with Gasteiger partial charge in [0.15, 0.2) is 11.9 Å². The topological polar surface area (TPSA) is 46.6 Å². The van der Waals surface area contributed by atoms with E-state index in [-0.39, 0.29) is 18.2 Å². The van der Waals surface area contributed by atoms with Crippen LogP contribution in [0.2, 0.25) is 0 Å². The molecule has 1 amide bonds. The van der Waals surface area contributed by atoms with Crippen molar-refractivity contribution in [3.8, 4) is 5.75 Å². The van der Waals surface area contributed by atoms with Gasteiger partial charge in [-0.05, 0) is 19.1 Å². The highest BCUT2D eigenvalue weighted by Crippen LogP contribution is 2.34. The fraction of sp³-hybridized carbons (Fsp3) is 0.467. The molecule has 0 aliphatic carbocycles. The average molecular weight is 261 g/mol. The van der Waals surface area contributed by atoms with Crippen LogP contribution in [0.4, 0.5) is 5.69 Å². The number of rotatable bonds is 2. The zero-order valence-corrected chi connectivity index (χ0v) is 11.8. The van der Waals surface area contributed by atoms with E-state index in [0.717, 1.165) is 0 Å². The van der Waals surface area contributed by atoms with Crippen molar-refractivity contribution in [1.29, 1.82) is 0 Å². The molecule has 102 valence electrons. The van der Waals surface area contributed by atoms with Crippen LogP contribution in [0.5, 0.6) is 5.75 Å². The number of fused-ring (bicyclic) bond motifs is 1.